The summed E-state index contributed by atoms with van der Waals surface area (Å²) in [6.07, 6.45) is 0.608. The second kappa shape index (κ2) is 7.93. The fourth-order valence-electron chi connectivity index (χ4n) is 1.49. The molecule has 8 heteroatoms. The third-order valence-corrected chi connectivity index (χ3v) is 2.47. The predicted octanol–water partition coefficient (Wildman–Crippen LogP) is 2.26. The largest absolute Gasteiger partial charge is 0.481 e. The van der Waals surface area contributed by atoms with E-state index in [1.54, 1.807) is 0 Å². The van der Waals surface area contributed by atoms with Crippen LogP contribution < -0.4 is 10.6 Å². The third-order valence-electron chi connectivity index (χ3n) is 2.47. The van der Waals surface area contributed by atoms with E-state index in [1.807, 2.05) is 5.32 Å². The predicted molar refractivity (Wildman–Crippen MR) is 69.6 cm³/mol. The molecule has 0 atom stereocenters. The maximum atomic E-state index is 12.9. The smallest absolute Gasteiger partial charge is 0.325 e. The van der Waals surface area contributed by atoms with Gasteiger partial charge in [-0.2, -0.15) is 0 Å². The van der Waals surface area contributed by atoms with Crippen LogP contribution in [0.1, 0.15) is 25.7 Å². The minimum Gasteiger partial charge on any atom is -0.481 e. The molecule has 0 saturated heterocycles. The summed E-state index contributed by atoms with van der Waals surface area (Å²) in [5, 5.41) is 12.6. The Morgan fingerprint density at radius 1 is 1.05 bits per heavy atom. The standard InChI is InChI=1S/C13H14F2N2O4/c14-9-6-5-8(7-10(9)15)16-13(21)17-11(18)3-1-2-4-12(19)20/h5-7H,1-4H2,(H,19,20)(H2,16,17,18,21). The number of carbonyl (C=O) groups is 3. The summed E-state index contributed by atoms with van der Waals surface area (Å²) in [4.78, 5) is 33.0. The van der Waals surface area contributed by atoms with Crippen molar-refractivity contribution in [3.05, 3.63) is 29.8 Å². The molecular formula is C13H14F2N2O4. The molecule has 0 aliphatic rings. The van der Waals surface area contributed by atoms with E-state index in [4.69, 9.17) is 5.11 Å². The molecule has 3 N–H and O–H groups in total. The second-order valence-electron chi connectivity index (χ2n) is 4.23. The lowest BCUT2D eigenvalue weighted by atomic mass is 10.2. The molecule has 0 radical (unpaired) electrons. The van der Waals surface area contributed by atoms with E-state index in [-0.39, 0.29) is 18.5 Å². The van der Waals surface area contributed by atoms with Crippen LogP contribution in [-0.4, -0.2) is 23.0 Å². The summed E-state index contributed by atoms with van der Waals surface area (Å²) < 4.78 is 25.6. The number of rotatable bonds is 6. The molecule has 21 heavy (non-hydrogen) atoms. The van der Waals surface area contributed by atoms with Crippen LogP contribution in [0.2, 0.25) is 0 Å². The van der Waals surface area contributed by atoms with E-state index in [0.29, 0.717) is 12.8 Å². The van der Waals surface area contributed by atoms with Crippen molar-refractivity contribution in [2.45, 2.75) is 25.7 Å². The Morgan fingerprint density at radius 3 is 2.33 bits per heavy atom. The number of aliphatic carboxylic acids is 1. The number of carboxylic acids is 1. The van der Waals surface area contributed by atoms with Gasteiger partial charge in [-0.25, -0.2) is 13.6 Å². The number of hydrogen-bond donors (Lipinski definition) is 3. The summed E-state index contributed by atoms with van der Waals surface area (Å²) in [6, 6.07) is 1.91. The Kier molecular flexibility index (Phi) is 6.25. The number of imide groups is 1. The summed E-state index contributed by atoms with van der Waals surface area (Å²) in [6.45, 7) is 0. The second-order valence-corrected chi connectivity index (χ2v) is 4.23. The van der Waals surface area contributed by atoms with Crippen molar-refractivity contribution >= 4 is 23.6 Å². The molecule has 114 valence electrons. The monoisotopic (exact) mass is 300 g/mol. The van der Waals surface area contributed by atoms with Gasteiger partial charge in [0.05, 0.1) is 0 Å². The Labute approximate surface area is 119 Å². The number of amides is 3. The van der Waals surface area contributed by atoms with Gasteiger partial charge in [-0.15, -0.1) is 0 Å². The van der Waals surface area contributed by atoms with Crippen molar-refractivity contribution in [1.82, 2.24) is 5.32 Å². The van der Waals surface area contributed by atoms with Crippen LogP contribution in [0, 0.1) is 11.6 Å². The first-order valence-electron chi connectivity index (χ1n) is 6.16. The summed E-state index contributed by atoms with van der Waals surface area (Å²) in [5.41, 5.74) is 0.00470. The fraction of sp³-hybridized carbons (Fsp3) is 0.308. The van der Waals surface area contributed by atoms with Gasteiger partial charge in [-0.05, 0) is 25.0 Å². The van der Waals surface area contributed by atoms with Crippen molar-refractivity contribution < 1.29 is 28.3 Å². The number of hydrogen-bond acceptors (Lipinski definition) is 3. The number of carbonyl (C=O) groups excluding carboxylic acids is 2. The zero-order chi connectivity index (χ0) is 15.8. The molecule has 0 aliphatic carbocycles. The highest BCUT2D eigenvalue weighted by molar-refractivity contribution is 6.01. The molecule has 1 aromatic carbocycles. The number of halogens is 2. The molecule has 0 aromatic heterocycles. The van der Waals surface area contributed by atoms with Gasteiger partial charge in [-0.1, -0.05) is 0 Å². The van der Waals surface area contributed by atoms with Crippen LogP contribution in [-0.2, 0) is 9.59 Å². The third kappa shape index (κ3) is 6.46. The molecule has 0 saturated carbocycles. The van der Waals surface area contributed by atoms with Crippen molar-refractivity contribution in [3.8, 4) is 0 Å². The van der Waals surface area contributed by atoms with Crippen molar-refractivity contribution in [3.63, 3.8) is 0 Å². The van der Waals surface area contributed by atoms with Crippen molar-refractivity contribution in [2.24, 2.45) is 0 Å². The zero-order valence-corrected chi connectivity index (χ0v) is 11.0. The van der Waals surface area contributed by atoms with E-state index in [2.05, 4.69) is 5.32 Å². The summed E-state index contributed by atoms with van der Waals surface area (Å²) in [7, 11) is 0. The Morgan fingerprint density at radius 2 is 1.71 bits per heavy atom. The molecule has 0 fully saturated rings. The average molecular weight is 300 g/mol. The Balaban J connectivity index is 2.34. The lowest BCUT2D eigenvalue weighted by Gasteiger charge is -2.07. The number of anilines is 1. The molecule has 6 nitrogen and oxygen atoms in total. The Hall–Kier alpha value is -2.51. The topological polar surface area (TPSA) is 95.5 Å². The highest BCUT2D eigenvalue weighted by atomic mass is 19.2. The van der Waals surface area contributed by atoms with E-state index in [9.17, 15) is 23.2 Å². The Bertz CT molecular complexity index is 549. The number of unbranched alkanes of at least 4 members (excludes halogenated alkanes) is 1. The van der Waals surface area contributed by atoms with E-state index < -0.39 is 29.5 Å². The molecule has 0 spiro atoms. The normalized spacial score (nSPS) is 10.0. The molecule has 0 bridgehead atoms. The van der Waals surface area contributed by atoms with Gasteiger partial charge < -0.3 is 10.4 Å². The van der Waals surface area contributed by atoms with Crippen LogP contribution in [0.4, 0.5) is 19.3 Å². The average Bonchev–Trinajstić information content (AvgIpc) is 2.38. The molecule has 1 aromatic rings. The molecule has 0 heterocycles. The first kappa shape index (κ1) is 16.5. The van der Waals surface area contributed by atoms with E-state index in [0.717, 1.165) is 18.2 Å². The van der Waals surface area contributed by atoms with Gasteiger partial charge in [0.2, 0.25) is 5.91 Å². The fourth-order valence-corrected chi connectivity index (χ4v) is 1.49. The molecule has 3 amide bonds. The van der Waals surface area contributed by atoms with Gasteiger partial charge in [-0.3, -0.25) is 14.9 Å². The number of urea groups is 1. The van der Waals surface area contributed by atoms with Gasteiger partial charge in [0.1, 0.15) is 0 Å². The molecule has 1 rings (SSSR count). The summed E-state index contributed by atoms with van der Waals surface area (Å²) in [5.74, 6) is -3.70. The minimum atomic E-state index is -1.12. The first-order valence-corrected chi connectivity index (χ1v) is 6.16. The molecule has 0 aliphatic heterocycles. The highest BCUT2D eigenvalue weighted by Gasteiger charge is 2.09. The molecular weight excluding hydrogens is 286 g/mol. The number of carboxylic acid groups (broad SMARTS) is 1. The lowest BCUT2D eigenvalue weighted by molar-refractivity contribution is -0.137. The minimum absolute atomic E-state index is 0.00151. The number of benzene rings is 1. The van der Waals surface area contributed by atoms with Gasteiger partial charge >= 0.3 is 12.0 Å². The maximum absolute atomic E-state index is 12.9. The van der Waals surface area contributed by atoms with E-state index in [1.165, 1.54) is 0 Å². The van der Waals surface area contributed by atoms with Crippen molar-refractivity contribution in [2.75, 3.05) is 5.32 Å². The first-order chi connectivity index (χ1) is 9.88. The quantitative estimate of drug-likeness (QED) is 0.702. The van der Waals surface area contributed by atoms with Crippen LogP contribution in [0.15, 0.2) is 18.2 Å². The zero-order valence-electron chi connectivity index (χ0n) is 11.0. The highest BCUT2D eigenvalue weighted by Crippen LogP contribution is 2.12. The maximum Gasteiger partial charge on any atom is 0.325 e. The van der Waals surface area contributed by atoms with Crippen LogP contribution in [0.5, 0.6) is 0 Å². The van der Waals surface area contributed by atoms with Crippen molar-refractivity contribution in [1.29, 1.82) is 0 Å². The lowest BCUT2D eigenvalue weighted by Crippen LogP contribution is -2.34. The summed E-state index contributed by atoms with van der Waals surface area (Å²) >= 11 is 0. The van der Waals surface area contributed by atoms with Crippen LogP contribution in [0.3, 0.4) is 0 Å². The SMILES string of the molecule is O=C(O)CCCCC(=O)NC(=O)Nc1ccc(F)c(F)c1. The van der Waals surface area contributed by atoms with E-state index >= 15 is 0 Å². The van der Waals surface area contributed by atoms with Crippen LogP contribution in [0.25, 0.3) is 0 Å². The van der Waals surface area contributed by atoms with Gasteiger partial charge in [0, 0.05) is 24.6 Å². The van der Waals surface area contributed by atoms with Gasteiger partial charge in [0.15, 0.2) is 11.6 Å². The number of nitrogens with one attached hydrogen (secondary N) is 2. The van der Waals surface area contributed by atoms with Gasteiger partial charge in [0.25, 0.3) is 0 Å². The van der Waals surface area contributed by atoms with Crippen LogP contribution >= 0.6 is 0 Å². The molecule has 0 unspecified atom stereocenters.